The van der Waals surface area contributed by atoms with Gasteiger partial charge in [-0.2, -0.15) is 0 Å². The summed E-state index contributed by atoms with van der Waals surface area (Å²) in [5.74, 6) is 0. The van der Waals surface area contributed by atoms with E-state index in [-0.39, 0.29) is 18.0 Å². The summed E-state index contributed by atoms with van der Waals surface area (Å²) in [6.45, 7) is 0.0888. The van der Waals surface area contributed by atoms with Gasteiger partial charge in [0.25, 0.3) is 0 Å². The van der Waals surface area contributed by atoms with Crippen LogP contribution in [0.5, 0.6) is 0 Å². The van der Waals surface area contributed by atoms with E-state index in [0.717, 1.165) is 0 Å². The molecular formula is C11H16N2O5S. The highest BCUT2D eigenvalue weighted by Crippen LogP contribution is 2.14. The van der Waals surface area contributed by atoms with E-state index in [2.05, 4.69) is 14.8 Å². The third-order valence-electron chi connectivity index (χ3n) is 2.22. The maximum absolute atomic E-state index is 11.8. The molecule has 0 aliphatic carbocycles. The molecule has 0 saturated carbocycles. The van der Waals surface area contributed by atoms with Gasteiger partial charge in [0.1, 0.15) is 0 Å². The van der Waals surface area contributed by atoms with E-state index in [1.165, 1.54) is 31.4 Å². The SMILES string of the molecule is COC(=O)Nc1ccc(S(=O)(=O)NCCCO)cc1. The number of benzene rings is 1. The van der Waals surface area contributed by atoms with Crippen molar-refractivity contribution in [2.45, 2.75) is 11.3 Å². The lowest BCUT2D eigenvalue weighted by atomic mass is 10.3. The first-order chi connectivity index (χ1) is 8.99. The number of anilines is 1. The van der Waals surface area contributed by atoms with Gasteiger partial charge in [0.2, 0.25) is 10.0 Å². The van der Waals surface area contributed by atoms with Gasteiger partial charge in [-0.3, -0.25) is 5.32 Å². The van der Waals surface area contributed by atoms with E-state index < -0.39 is 16.1 Å². The van der Waals surface area contributed by atoms with Crippen LogP contribution >= 0.6 is 0 Å². The number of sulfonamides is 1. The fourth-order valence-electron chi connectivity index (χ4n) is 1.26. The zero-order chi connectivity index (χ0) is 14.3. The summed E-state index contributed by atoms with van der Waals surface area (Å²) in [5.41, 5.74) is 0.432. The molecular weight excluding hydrogens is 272 g/mol. The van der Waals surface area contributed by atoms with Gasteiger partial charge < -0.3 is 9.84 Å². The molecule has 19 heavy (non-hydrogen) atoms. The normalized spacial score (nSPS) is 11.1. The number of methoxy groups -OCH3 is 1. The third kappa shape index (κ3) is 4.86. The second kappa shape index (κ2) is 7.07. The molecule has 0 heterocycles. The Morgan fingerprint density at radius 1 is 1.32 bits per heavy atom. The van der Waals surface area contributed by atoms with Gasteiger partial charge in [-0.05, 0) is 30.7 Å². The first-order valence-electron chi connectivity index (χ1n) is 5.55. The van der Waals surface area contributed by atoms with E-state index in [9.17, 15) is 13.2 Å². The number of hydrogen-bond acceptors (Lipinski definition) is 5. The Bertz CT molecular complexity index is 512. The van der Waals surface area contributed by atoms with Crippen LogP contribution in [-0.4, -0.2) is 39.9 Å². The van der Waals surface area contributed by atoms with Crippen molar-refractivity contribution in [3.8, 4) is 0 Å². The van der Waals surface area contributed by atoms with Crippen molar-refractivity contribution in [1.82, 2.24) is 4.72 Å². The number of carbonyl (C=O) groups is 1. The molecule has 0 spiro atoms. The quantitative estimate of drug-likeness (QED) is 0.662. The molecule has 0 aromatic heterocycles. The smallest absolute Gasteiger partial charge is 0.411 e. The summed E-state index contributed by atoms with van der Waals surface area (Å²) in [5, 5.41) is 11.0. The summed E-state index contributed by atoms with van der Waals surface area (Å²) in [7, 11) is -2.35. The number of amides is 1. The Labute approximate surface area is 111 Å². The van der Waals surface area contributed by atoms with E-state index in [1.807, 2.05) is 0 Å². The van der Waals surface area contributed by atoms with E-state index in [4.69, 9.17) is 5.11 Å². The van der Waals surface area contributed by atoms with Crippen molar-refractivity contribution < 1.29 is 23.1 Å². The minimum atomic E-state index is -3.59. The highest BCUT2D eigenvalue weighted by atomic mass is 32.2. The van der Waals surface area contributed by atoms with Crippen molar-refractivity contribution in [2.24, 2.45) is 0 Å². The number of ether oxygens (including phenoxy) is 1. The highest BCUT2D eigenvalue weighted by molar-refractivity contribution is 7.89. The average molecular weight is 288 g/mol. The number of carbonyl (C=O) groups excluding carboxylic acids is 1. The van der Waals surface area contributed by atoms with E-state index >= 15 is 0 Å². The molecule has 1 rings (SSSR count). The molecule has 0 fully saturated rings. The number of hydrogen-bond donors (Lipinski definition) is 3. The topological polar surface area (TPSA) is 105 Å². The fraction of sp³-hybridized carbons (Fsp3) is 0.364. The monoisotopic (exact) mass is 288 g/mol. The predicted molar refractivity (Wildman–Crippen MR) is 69.4 cm³/mol. The zero-order valence-corrected chi connectivity index (χ0v) is 11.2. The lowest BCUT2D eigenvalue weighted by Gasteiger charge is -2.07. The molecule has 8 heteroatoms. The molecule has 0 aliphatic rings. The second-order valence-electron chi connectivity index (χ2n) is 3.62. The molecule has 0 aliphatic heterocycles. The van der Waals surface area contributed by atoms with Crippen LogP contribution in [0.3, 0.4) is 0 Å². The van der Waals surface area contributed by atoms with Crippen molar-refractivity contribution in [3.63, 3.8) is 0 Å². The maximum Gasteiger partial charge on any atom is 0.411 e. The molecule has 1 aromatic rings. The third-order valence-corrected chi connectivity index (χ3v) is 3.70. The van der Waals surface area contributed by atoms with Crippen molar-refractivity contribution in [3.05, 3.63) is 24.3 Å². The fourth-order valence-corrected chi connectivity index (χ4v) is 2.33. The summed E-state index contributed by atoms with van der Waals surface area (Å²) in [6.07, 6.45) is -0.280. The first kappa shape index (κ1) is 15.4. The van der Waals surface area contributed by atoms with E-state index in [0.29, 0.717) is 12.1 Å². The number of aliphatic hydroxyl groups excluding tert-OH is 1. The molecule has 3 N–H and O–H groups in total. The molecule has 1 amide bonds. The van der Waals surface area contributed by atoms with Crippen LogP contribution in [0.15, 0.2) is 29.2 Å². The van der Waals surface area contributed by atoms with Gasteiger partial charge in [0.15, 0.2) is 0 Å². The van der Waals surface area contributed by atoms with Crippen molar-refractivity contribution in [1.29, 1.82) is 0 Å². The summed E-state index contributed by atoms with van der Waals surface area (Å²) >= 11 is 0. The standard InChI is InChI=1S/C11H16N2O5S/c1-18-11(15)13-9-3-5-10(6-4-9)19(16,17)12-7-2-8-14/h3-6,12,14H,2,7-8H2,1H3,(H,13,15). The number of rotatable bonds is 6. The maximum atomic E-state index is 11.8. The van der Waals surface area contributed by atoms with Crippen LogP contribution in [0.2, 0.25) is 0 Å². The molecule has 0 atom stereocenters. The Hall–Kier alpha value is -1.64. The van der Waals surface area contributed by atoms with Gasteiger partial charge in [-0.15, -0.1) is 0 Å². The minimum Gasteiger partial charge on any atom is -0.453 e. The average Bonchev–Trinajstić information content (AvgIpc) is 2.39. The molecule has 0 radical (unpaired) electrons. The van der Waals surface area contributed by atoms with Gasteiger partial charge in [-0.1, -0.05) is 0 Å². The Morgan fingerprint density at radius 3 is 2.47 bits per heavy atom. The summed E-state index contributed by atoms with van der Waals surface area (Å²) < 4.78 is 30.3. The molecule has 0 saturated heterocycles. The van der Waals surface area contributed by atoms with E-state index in [1.54, 1.807) is 0 Å². The Balaban J connectivity index is 2.72. The van der Waals surface area contributed by atoms with Crippen LogP contribution in [-0.2, 0) is 14.8 Å². The van der Waals surface area contributed by atoms with Gasteiger partial charge in [0.05, 0.1) is 12.0 Å². The van der Waals surface area contributed by atoms with Gasteiger partial charge in [0, 0.05) is 18.8 Å². The molecule has 0 bridgehead atoms. The Kier molecular flexibility index (Phi) is 5.74. The highest BCUT2D eigenvalue weighted by Gasteiger charge is 2.13. The summed E-state index contributed by atoms with van der Waals surface area (Å²) in [6, 6.07) is 5.65. The first-order valence-corrected chi connectivity index (χ1v) is 7.03. The largest absolute Gasteiger partial charge is 0.453 e. The van der Waals surface area contributed by atoms with Crippen molar-refractivity contribution in [2.75, 3.05) is 25.6 Å². The van der Waals surface area contributed by atoms with Crippen LogP contribution < -0.4 is 10.0 Å². The molecule has 1 aromatic carbocycles. The van der Waals surface area contributed by atoms with Gasteiger partial charge >= 0.3 is 6.09 Å². The van der Waals surface area contributed by atoms with Crippen LogP contribution in [0, 0.1) is 0 Å². The lowest BCUT2D eigenvalue weighted by Crippen LogP contribution is -2.25. The van der Waals surface area contributed by atoms with Gasteiger partial charge in [-0.25, -0.2) is 17.9 Å². The molecule has 0 unspecified atom stereocenters. The predicted octanol–water partition coefficient (Wildman–Crippen LogP) is 0.526. The summed E-state index contributed by atoms with van der Waals surface area (Å²) in [4.78, 5) is 11.0. The minimum absolute atomic E-state index is 0.0789. The molecule has 106 valence electrons. The van der Waals surface area contributed by atoms with Crippen LogP contribution in [0.1, 0.15) is 6.42 Å². The van der Waals surface area contributed by atoms with Crippen LogP contribution in [0.25, 0.3) is 0 Å². The second-order valence-corrected chi connectivity index (χ2v) is 5.38. The van der Waals surface area contributed by atoms with Crippen molar-refractivity contribution >= 4 is 21.8 Å². The Morgan fingerprint density at radius 2 is 1.95 bits per heavy atom. The molecule has 7 nitrogen and oxygen atoms in total. The zero-order valence-electron chi connectivity index (χ0n) is 10.4. The number of aliphatic hydroxyl groups is 1. The van der Waals surface area contributed by atoms with Crippen LogP contribution in [0.4, 0.5) is 10.5 Å². The lowest BCUT2D eigenvalue weighted by molar-refractivity contribution is 0.187. The number of nitrogens with one attached hydrogen (secondary N) is 2.